The largest absolute Gasteiger partial charge is 0.394 e. The van der Waals surface area contributed by atoms with E-state index in [1.807, 2.05) is 0 Å². The first-order chi connectivity index (χ1) is 12.3. The van der Waals surface area contributed by atoms with Crippen LogP contribution in [-0.4, -0.2) is 64.1 Å². The zero-order valence-electron chi connectivity index (χ0n) is 16.7. The fourth-order valence-corrected chi connectivity index (χ4v) is 2.60. The van der Waals surface area contributed by atoms with Gasteiger partial charge in [-0.05, 0) is 12.8 Å². The maximum atomic E-state index is 8.56. The highest BCUT2D eigenvalue weighted by Crippen LogP contribution is 2.14. The van der Waals surface area contributed by atoms with Crippen molar-refractivity contribution in [3.63, 3.8) is 0 Å². The summed E-state index contributed by atoms with van der Waals surface area (Å²) in [7, 11) is 0. The van der Waals surface area contributed by atoms with Crippen LogP contribution in [0, 0.1) is 0 Å². The SMILES string of the molecule is CCCCCCCC(CCCC)OCCOCCOCCOCCO. The molecular formula is C20H42O5. The number of rotatable bonds is 21. The van der Waals surface area contributed by atoms with E-state index in [0.717, 1.165) is 0 Å². The van der Waals surface area contributed by atoms with Crippen molar-refractivity contribution < 1.29 is 24.1 Å². The Hall–Kier alpha value is -0.200. The molecule has 5 heteroatoms. The van der Waals surface area contributed by atoms with Gasteiger partial charge in [0.05, 0.1) is 59.0 Å². The molecule has 0 aliphatic rings. The highest BCUT2D eigenvalue weighted by molar-refractivity contribution is 4.59. The number of ether oxygens (including phenoxy) is 4. The fourth-order valence-electron chi connectivity index (χ4n) is 2.60. The normalized spacial score (nSPS) is 12.6. The van der Waals surface area contributed by atoms with E-state index in [2.05, 4.69) is 13.8 Å². The van der Waals surface area contributed by atoms with Gasteiger partial charge < -0.3 is 24.1 Å². The van der Waals surface area contributed by atoms with Crippen molar-refractivity contribution in [3.05, 3.63) is 0 Å². The fraction of sp³-hybridized carbons (Fsp3) is 1.00. The lowest BCUT2D eigenvalue weighted by atomic mass is 10.0. The molecule has 0 bridgehead atoms. The first-order valence-corrected chi connectivity index (χ1v) is 10.3. The summed E-state index contributed by atoms with van der Waals surface area (Å²) in [6.45, 7) is 8.42. The Balaban J connectivity index is 3.47. The molecule has 0 aliphatic heterocycles. The van der Waals surface area contributed by atoms with Crippen molar-refractivity contribution in [1.82, 2.24) is 0 Å². The van der Waals surface area contributed by atoms with Crippen molar-refractivity contribution in [2.24, 2.45) is 0 Å². The summed E-state index contributed by atoms with van der Waals surface area (Å²) >= 11 is 0. The molecule has 0 aliphatic carbocycles. The van der Waals surface area contributed by atoms with Crippen molar-refractivity contribution in [2.75, 3.05) is 52.9 Å². The standard InChI is InChI=1S/C20H42O5/c1-3-5-7-8-9-11-20(10-6-4-2)25-19-18-24-17-16-23-15-14-22-13-12-21/h20-21H,3-19H2,1-2H3. The summed E-state index contributed by atoms with van der Waals surface area (Å²) in [6.07, 6.45) is 11.8. The van der Waals surface area contributed by atoms with Gasteiger partial charge in [-0.15, -0.1) is 0 Å². The quantitative estimate of drug-likeness (QED) is 0.313. The molecule has 152 valence electrons. The number of hydrogen-bond donors (Lipinski definition) is 1. The van der Waals surface area contributed by atoms with Gasteiger partial charge in [-0.1, -0.05) is 58.8 Å². The summed E-state index contributed by atoms with van der Waals surface area (Å²) in [5.74, 6) is 0. The third kappa shape index (κ3) is 20.0. The summed E-state index contributed by atoms with van der Waals surface area (Å²) in [5.41, 5.74) is 0. The van der Waals surface area contributed by atoms with Gasteiger partial charge in [-0.25, -0.2) is 0 Å². The predicted molar refractivity (Wildman–Crippen MR) is 102 cm³/mol. The van der Waals surface area contributed by atoms with E-state index >= 15 is 0 Å². The van der Waals surface area contributed by atoms with E-state index in [1.54, 1.807) is 0 Å². The molecular weight excluding hydrogens is 320 g/mol. The number of hydrogen-bond acceptors (Lipinski definition) is 5. The molecule has 0 aromatic carbocycles. The summed E-state index contributed by atoms with van der Waals surface area (Å²) in [6, 6.07) is 0. The average Bonchev–Trinajstić information content (AvgIpc) is 2.63. The maximum absolute atomic E-state index is 8.56. The summed E-state index contributed by atoms with van der Waals surface area (Å²) < 4.78 is 22.0. The van der Waals surface area contributed by atoms with Crippen LogP contribution in [0.3, 0.4) is 0 Å². The second-order valence-electron chi connectivity index (χ2n) is 6.40. The zero-order valence-corrected chi connectivity index (χ0v) is 16.7. The topological polar surface area (TPSA) is 57.2 Å². The third-order valence-electron chi connectivity index (χ3n) is 4.07. The molecule has 5 nitrogen and oxygen atoms in total. The van der Waals surface area contributed by atoms with Crippen LogP contribution in [0.15, 0.2) is 0 Å². The van der Waals surface area contributed by atoms with Crippen LogP contribution >= 0.6 is 0 Å². The molecule has 0 saturated heterocycles. The monoisotopic (exact) mass is 362 g/mol. The maximum Gasteiger partial charge on any atom is 0.0704 e. The lowest BCUT2D eigenvalue weighted by Crippen LogP contribution is -2.18. The second kappa shape index (κ2) is 21.8. The Morgan fingerprint density at radius 3 is 1.72 bits per heavy atom. The Morgan fingerprint density at radius 2 is 1.12 bits per heavy atom. The molecule has 1 atom stereocenters. The smallest absolute Gasteiger partial charge is 0.0704 e. The number of aliphatic hydroxyl groups excluding tert-OH is 1. The molecule has 0 fully saturated rings. The van der Waals surface area contributed by atoms with Crippen LogP contribution in [0.2, 0.25) is 0 Å². The number of aliphatic hydroxyl groups is 1. The molecule has 25 heavy (non-hydrogen) atoms. The number of unbranched alkanes of at least 4 members (excludes halogenated alkanes) is 5. The lowest BCUT2D eigenvalue weighted by Gasteiger charge is -2.18. The third-order valence-corrected chi connectivity index (χ3v) is 4.07. The zero-order chi connectivity index (χ0) is 18.4. The van der Waals surface area contributed by atoms with E-state index in [4.69, 9.17) is 24.1 Å². The van der Waals surface area contributed by atoms with Crippen LogP contribution in [0.25, 0.3) is 0 Å². The van der Waals surface area contributed by atoms with Gasteiger partial charge >= 0.3 is 0 Å². The van der Waals surface area contributed by atoms with Crippen LogP contribution in [0.5, 0.6) is 0 Å². The van der Waals surface area contributed by atoms with Gasteiger partial charge in [-0.2, -0.15) is 0 Å². The van der Waals surface area contributed by atoms with Crippen molar-refractivity contribution in [2.45, 2.75) is 77.7 Å². The minimum absolute atomic E-state index is 0.0566. The summed E-state index contributed by atoms with van der Waals surface area (Å²) in [5, 5.41) is 8.56. The van der Waals surface area contributed by atoms with E-state index < -0.39 is 0 Å². The van der Waals surface area contributed by atoms with Crippen molar-refractivity contribution in [3.8, 4) is 0 Å². The van der Waals surface area contributed by atoms with E-state index in [0.29, 0.717) is 52.4 Å². The average molecular weight is 363 g/mol. The molecule has 0 spiro atoms. The molecule has 0 aromatic rings. The Bertz CT molecular complexity index is 238. The van der Waals surface area contributed by atoms with Gasteiger partial charge in [0.2, 0.25) is 0 Å². The van der Waals surface area contributed by atoms with E-state index in [-0.39, 0.29) is 6.61 Å². The van der Waals surface area contributed by atoms with Gasteiger partial charge in [0.1, 0.15) is 0 Å². The first kappa shape index (κ1) is 24.8. The van der Waals surface area contributed by atoms with Crippen LogP contribution < -0.4 is 0 Å². The molecule has 0 aromatic heterocycles. The Morgan fingerprint density at radius 1 is 0.600 bits per heavy atom. The first-order valence-electron chi connectivity index (χ1n) is 10.3. The lowest BCUT2D eigenvalue weighted by molar-refractivity contribution is -0.0245. The Kier molecular flexibility index (Phi) is 21.7. The van der Waals surface area contributed by atoms with Crippen LogP contribution in [-0.2, 0) is 18.9 Å². The van der Waals surface area contributed by atoms with Gasteiger partial charge in [-0.3, -0.25) is 0 Å². The minimum atomic E-state index is 0.0566. The van der Waals surface area contributed by atoms with Gasteiger partial charge in [0, 0.05) is 0 Å². The molecule has 1 N–H and O–H groups in total. The molecule has 0 amide bonds. The highest BCUT2D eigenvalue weighted by Gasteiger charge is 2.08. The predicted octanol–water partition coefficient (Wildman–Crippen LogP) is 3.96. The molecule has 0 rings (SSSR count). The van der Waals surface area contributed by atoms with Crippen molar-refractivity contribution >= 4 is 0 Å². The molecule has 0 radical (unpaired) electrons. The van der Waals surface area contributed by atoms with Crippen LogP contribution in [0.1, 0.15) is 71.6 Å². The van der Waals surface area contributed by atoms with Crippen LogP contribution in [0.4, 0.5) is 0 Å². The van der Waals surface area contributed by atoms with Gasteiger partial charge in [0.25, 0.3) is 0 Å². The summed E-state index contributed by atoms with van der Waals surface area (Å²) in [4.78, 5) is 0. The minimum Gasteiger partial charge on any atom is -0.394 e. The van der Waals surface area contributed by atoms with Gasteiger partial charge in [0.15, 0.2) is 0 Å². The highest BCUT2D eigenvalue weighted by atomic mass is 16.6. The molecule has 1 unspecified atom stereocenters. The van der Waals surface area contributed by atoms with E-state index in [9.17, 15) is 0 Å². The second-order valence-corrected chi connectivity index (χ2v) is 6.40. The van der Waals surface area contributed by atoms with Crippen molar-refractivity contribution in [1.29, 1.82) is 0 Å². The molecule has 0 saturated carbocycles. The van der Waals surface area contributed by atoms with E-state index in [1.165, 1.54) is 57.8 Å². The Labute approximate surface area is 155 Å². The molecule has 0 heterocycles.